The van der Waals surface area contributed by atoms with Crippen molar-refractivity contribution < 1.29 is 28.2 Å². The molecule has 11 heteroatoms. The maximum Gasteiger partial charge on any atom is 0.252 e. The van der Waals surface area contributed by atoms with Crippen LogP contribution in [-0.4, -0.2) is 42.3 Å². The normalized spacial score (nSPS) is 16.2. The van der Waals surface area contributed by atoms with Crippen LogP contribution in [0.3, 0.4) is 0 Å². The predicted octanol–water partition coefficient (Wildman–Crippen LogP) is 4.74. The molecule has 0 unspecified atom stereocenters. The van der Waals surface area contributed by atoms with E-state index in [2.05, 4.69) is 20.3 Å². The second-order valence-corrected chi connectivity index (χ2v) is 8.64. The number of hydrogen-bond donors (Lipinski definition) is 2. The van der Waals surface area contributed by atoms with E-state index in [0.29, 0.717) is 35.6 Å². The molecular weight excluding hydrogens is 496 g/mol. The van der Waals surface area contributed by atoms with Gasteiger partial charge in [-0.15, -0.1) is 0 Å². The molecule has 9 nitrogen and oxygen atoms in total. The van der Waals surface area contributed by atoms with Gasteiger partial charge in [0, 0.05) is 48.2 Å². The van der Waals surface area contributed by atoms with Crippen LogP contribution in [0.15, 0.2) is 76.8 Å². The van der Waals surface area contributed by atoms with Gasteiger partial charge in [0.05, 0.1) is 6.61 Å². The molecular formula is C27H25F2N5O4. The van der Waals surface area contributed by atoms with Gasteiger partial charge >= 0.3 is 0 Å². The molecule has 0 radical (unpaired) electrons. The zero-order valence-corrected chi connectivity index (χ0v) is 20.3. The summed E-state index contributed by atoms with van der Waals surface area (Å²) >= 11 is 0. The van der Waals surface area contributed by atoms with Crippen LogP contribution in [0.1, 0.15) is 23.1 Å². The molecule has 0 bridgehead atoms. The lowest BCUT2D eigenvalue weighted by atomic mass is 9.90. The number of benzene rings is 3. The number of ether oxygens (including phenoxy) is 2. The van der Waals surface area contributed by atoms with E-state index in [1.54, 1.807) is 48.5 Å². The number of carbonyl (C=O) groups excluding carboxylic acids is 1. The molecule has 3 aromatic carbocycles. The van der Waals surface area contributed by atoms with Crippen molar-refractivity contribution in [2.24, 2.45) is 10.1 Å². The average Bonchev–Trinajstić information content (AvgIpc) is 3.34. The molecule has 0 aromatic heterocycles. The summed E-state index contributed by atoms with van der Waals surface area (Å²) in [5.41, 5.74) is 9.32. The van der Waals surface area contributed by atoms with Crippen LogP contribution in [-0.2, 0) is 22.5 Å². The summed E-state index contributed by atoms with van der Waals surface area (Å²) in [6.07, 6.45) is 0.562. The van der Waals surface area contributed by atoms with Gasteiger partial charge in [0.25, 0.3) is 5.91 Å². The van der Waals surface area contributed by atoms with E-state index < -0.39 is 23.1 Å². The summed E-state index contributed by atoms with van der Waals surface area (Å²) < 4.78 is 38.7. The monoisotopic (exact) mass is 521 g/mol. The van der Waals surface area contributed by atoms with E-state index in [4.69, 9.17) is 20.1 Å². The Morgan fingerprint density at radius 3 is 2.61 bits per heavy atom. The number of azide groups is 1. The van der Waals surface area contributed by atoms with Crippen LogP contribution in [0.25, 0.3) is 10.4 Å². The van der Waals surface area contributed by atoms with Crippen molar-refractivity contribution in [3.8, 4) is 5.75 Å². The zero-order chi connectivity index (χ0) is 27.0. The Morgan fingerprint density at radius 2 is 1.89 bits per heavy atom. The molecule has 1 aliphatic heterocycles. The standard InChI is InChI=1S/C27H25F2N5O4/c28-21-12-18(13-22(29)14-21)16-31-26(36)27(15-20-4-1-2-5-24(20)33-34-30)17-38-25(32-27)19-6-8-23(9-7-19)37-11-3-10-35/h1-2,4-9,12-14,35H,3,10-11,15-17H2,(H,31,36)/t27-/m1/s1. The van der Waals surface area contributed by atoms with Gasteiger partial charge in [-0.1, -0.05) is 29.4 Å². The van der Waals surface area contributed by atoms with Gasteiger partial charge in [-0.05, 0) is 53.1 Å². The highest BCUT2D eigenvalue weighted by atomic mass is 19.1. The highest BCUT2D eigenvalue weighted by molar-refractivity contribution is 6.00. The third-order valence-corrected chi connectivity index (χ3v) is 5.86. The summed E-state index contributed by atoms with van der Waals surface area (Å²) in [4.78, 5) is 21.1. The quantitative estimate of drug-likeness (QED) is 0.163. The lowest BCUT2D eigenvalue weighted by Gasteiger charge is -2.24. The van der Waals surface area contributed by atoms with Gasteiger partial charge in [0.1, 0.15) is 24.0 Å². The van der Waals surface area contributed by atoms with Gasteiger partial charge in [-0.2, -0.15) is 0 Å². The molecule has 0 fully saturated rings. The van der Waals surface area contributed by atoms with E-state index in [-0.39, 0.29) is 37.6 Å². The number of hydrogen-bond acceptors (Lipinski definition) is 6. The molecule has 2 N–H and O–H groups in total. The number of amides is 1. The highest BCUT2D eigenvalue weighted by Gasteiger charge is 2.44. The van der Waals surface area contributed by atoms with Crippen molar-refractivity contribution in [3.05, 3.63) is 105 Å². The van der Waals surface area contributed by atoms with E-state index in [0.717, 1.165) is 18.2 Å². The van der Waals surface area contributed by atoms with Crippen molar-refractivity contribution >= 4 is 17.5 Å². The number of nitrogens with one attached hydrogen (secondary N) is 1. The first-order valence-corrected chi connectivity index (χ1v) is 11.9. The molecule has 1 aliphatic rings. The molecule has 38 heavy (non-hydrogen) atoms. The Bertz CT molecular complexity index is 1360. The van der Waals surface area contributed by atoms with E-state index in [1.807, 2.05) is 0 Å². The fourth-order valence-electron chi connectivity index (χ4n) is 4.01. The number of aliphatic imine (C=N–C) groups is 1. The van der Waals surface area contributed by atoms with Crippen molar-refractivity contribution in [3.63, 3.8) is 0 Å². The smallest absolute Gasteiger partial charge is 0.252 e. The molecule has 196 valence electrons. The number of aliphatic hydroxyl groups excluding tert-OH is 1. The van der Waals surface area contributed by atoms with Gasteiger partial charge < -0.3 is 19.9 Å². The Hall–Kier alpha value is -4.47. The second-order valence-electron chi connectivity index (χ2n) is 8.64. The minimum absolute atomic E-state index is 0.0316. The molecule has 3 aromatic rings. The van der Waals surface area contributed by atoms with Crippen LogP contribution in [0.5, 0.6) is 5.75 Å². The number of halogens is 2. The van der Waals surface area contributed by atoms with Gasteiger partial charge in [0.15, 0.2) is 5.54 Å². The lowest BCUT2D eigenvalue weighted by Crippen LogP contribution is -2.48. The third kappa shape index (κ3) is 6.44. The molecule has 1 heterocycles. The number of rotatable bonds is 11. The van der Waals surface area contributed by atoms with Gasteiger partial charge in [-0.3, -0.25) is 4.79 Å². The molecule has 0 saturated heterocycles. The third-order valence-electron chi connectivity index (χ3n) is 5.86. The zero-order valence-electron chi connectivity index (χ0n) is 20.3. The number of nitrogens with zero attached hydrogens (tertiary/aromatic N) is 4. The Labute approximate surface area is 217 Å². The van der Waals surface area contributed by atoms with Gasteiger partial charge in [0.2, 0.25) is 5.90 Å². The van der Waals surface area contributed by atoms with Crippen molar-refractivity contribution in [2.75, 3.05) is 19.8 Å². The first-order valence-electron chi connectivity index (χ1n) is 11.9. The van der Waals surface area contributed by atoms with Crippen molar-refractivity contribution in [1.29, 1.82) is 0 Å². The Morgan fingerprint density at radius 1 is 1.16 bits per heavy atom. The van der Waals surface area contributed by atoms with Gasteiger partial charge in [-0.25, -0.2) is 13.8 Å². The molecule has 0 aliphatic carbocycles. The largest absolute Gasteiger partial charge is 0.494 e. The number of carbonyl (C=O) groups is 1. The summed E-state index contributed by atoms with van der Waals surface area (Å²) in [5, 5.41) is 15.3. The van der Waals surface area contributed by atoms with E-state index >= 15 is 0 Å². The molecule has 1 amide bonds. The first-order chi connectivity index (χ1) is 18.4. The molecule has 1 atom stereocenters. The maximum atomic E-state index is 13.6. The lowest BCUT2D eigenvalue weighted by molar-refractivity contribution is -0.126. The predicted molar refractivity (Wildman–Crippen MR) is 136 cm³/mol. The molecule has 4 rings (SSSR count). The summed E-state index contributed by atoms with van der Waals surface area (Å²) in [7, 11) is 0. The molecule has 0 spiro atoms. The minimum atomic E-state index is -1.43. The fourth-order valence-corrected chi connectivity index (χ4v) is 4.01. The van der Waals surface area contributed by atoms with Crippen molar-refractivity contribution in [2.45, 2.75) is 24.9 Å². The topological polar surface area (TPSA) is 129 Å². The van der Waals surface area contributed by atoms with Crippen LogP contribution >= 0.6 is 0 Å². The molecule has 0 saturated carbocycles. The Kier molecular flexibility index (Phi) is 8.52. The average molecular weight is 522 g/mol. The van der Waals surface area contributed by atoms with E-state index in [1.165, 1.54) is 0 Å². The van der Waals surface area contributed by atoms with E-state index in [9.17, 15) is 13.6 Å². The highest BCUT2D eigenvalue weighted by Crippen LogP contribution is 2.31. The summed E-state index contributed by atoms with van der Waals surface area (Å²) in [6.45, 7) is 0.170. The minimum Gasteiger partial charge on any atom is -0.494 e. The number of aliphatic hydroxyl groups is 1. The summed E-state index contributed by atoms with van der Waals surface area (Å²) in [6, 6.07) is 16.8. The van der Waals surface area contributed by atoms with Crippen LogP contribution < -0.4 is 10.1 Å². The van der Waals surface area contributed by atoms with Crippen LogP contribution in [0.2, 0.25) is 0 Å². The summed E-state index contributed by atoms with van der Waals surface area (Å²) in [5.74, 6) is -1.17. The fraction of sp³-hybridized carbons (Fsp3) is 0.259. The maximum absolute atomic E-state index is 13.6. The SMILES string of the molecule is [N-]=[N+]=Nc1ccccc1C[C@]1(C(=O)NCc2cc(F)cc(F)c2)COC(c2ccc(OCCCO)cc2)=N1. The van der Waals surface area contributed by atoms with Crippen LogP contribution in [0.4, 0.5) is 14.5 Å². The van der Waals surface area contributed by atoms with Crippen LogP contribution in [0, 0.1) is 11.6 Å². The Balaban J connectivity index is 1.62. The second kappa shape index (κ2) is 12.2. The van der Waals surface area contributed by atoms with Crippen molar-refractivity contribution in [1.82, 2.24) is 5.32 Å². The first kappa shape index (κ1) is 26.6.